The van der Waals surface area contributed by atoms with E-state index in [0.717, 1.165) is 5.69 Å². The zero-order valence-corrected chi connectivity index (χ0v) is 12.6. The summed E-state index contributed by atoms with van der Waals surface area (Å²) in [6, 6.07) is 5.74. The van der Waals surface area contributed by atoms with Gasteiger partial charge in [0.15, 0.2) is 0 Å². The van der Waals surface area contributed by atoms with Crippen LogP contribution in [0.5, 0.6) is 0 Å². The topological polar surface area (TPSA) is 75.5 Å². The molecule has 0 bridgehead atoms. The lowest BCUT2D eigenvalue weighted by Gasteiger charge is -2.27. The Bertz CT molecular complexity index is 745. The second-order valence-electron chi connectivity index (χ2n) is 5.29. The van der Waals surface area contributed by atoms with Gasteiger partial charge in [-0.15, -0.1) is 0 Å². The van der Waals surface area contributed by atoms with Crippen LogP contribution in [0.2, 0.25) is 0 Å². The number of carbonyl (C=O) groups is 1. The van der Waals surface area contributed by atoms with Crippen molar-refractivity contribution in [1.29, 1.82) is 0 Å². The molecule has 23 heavy (non-hydrogen) atoms. The lowest BCUT2D eigenvalue weighted by molar-refractivity contribution is 0.0692. The van der Waals surface area contributed by atoms with Crippen LogP contribution >= 0.6 is 0 Å². The van der Waals surface area contributed by atoms with E-state index in [0.29, 0.717) is 43.5 Å². The van der Waals surface area contributed by atoms with Crippen molar-refractivity contribution in [2.75, 3.05) is 31.2 Å². The first-order valence-corrected chi connectivity index (χ1v) is 7.26. The van der Waals surface area contributed by atoms with Crippen molar-refractivity contribution in [2.24, 2.45) is 0 Å². The molecule has 1 saturated heterocycles. The summed E-state index contributed by atoms with van der Waals surface area (Å²) in [5.74, 6) is -1.49. The van der Waals surface area contributed by atoms with Gasteiger partial charge in [-0.2, -0.15) is 0 Å². The maximum Gasteiger partial charge on any atom is 0.338 e. The molecule has 0 unspecified atom stereocenters. The third kappa shape index (κ3) is 3.29. The number of nitrogens with zero attached hydrogens (tertiary/aromatic N) is 3. The number of hydrogen-bond acceptors (Lipinski definition) is 5. The van der Waals surface area contributed by atoms with Crippen molar-refractivity contribution in [1.82, 2.24) is 9.97 Å². The fraction of sp³-hybridized carbons (Fsp3) is 0.312. The zero-order chi connectivity index (χ0) is 16.4. The van der Waals surface area contributed by atoms with Gasteiger partial charge in [0, 0.05) is 24.3 Å². The molecular weight excluding hydrogens is 301 g/mol. The summed E-state index contributed by atoms with van der Waals surface area (Å²) in [7, 11) is 0. The predicted octanol–water partition coefficient (Wildman–Crippen LogP) is 2.13. The van der Waals surface area contributed by atoms with Crippen molar-refractivity contribution in [3.63, 3.8) is 0 Å². The van der Waals surface area contributed by atoms with Crippen LogP contribution in [0, 0.1) is 12.7 Å². The molecule has 0 spiro atoms. The molecule has 0 radical (unpaired) electrons. The Morgan fingerprint density at radius 2 is 2.00 bits per heavy atom. The van der Waals surface area contributed by atoms with Crippen molar-refractivity contribution >= 4 is 11.9 Å². The van der Waals surface area contributed by atoms with Crippen molar-refractivity contribution in [3.8, 4) is 11.3 Å². The zero-order valence-electron chi connectivity index (χ0n) is 12.6. The summed E-state index contributed by atoms with van der Waals surface area (Å²) in [4.78, 5) is 21.8. The van der Waals surface area contributed by atoms with Gasteiger partial charge in [0.1, 0.15) is 5.82 Å². The van der Waals surface area contributed by atoms with Gasteiger partial charge in [-0.25, -0.2) is 19.2 Å². The molecule has 2 aromatic rings. The van der Waals surface area contributed by atoms with Gasteiger partial charge in [0.2, 0.25) is 5.95 Å². The van der Waals surface area contributed by atoms with Crippen LogP contribution in [0.15, 0.2) is 24.3 Å². The van der Waals surface area contributed by atoms with Crippen LogP contribution in [0.3, 0.4) is 0 Å². The molecule has 0 saturated carbocycles. The normalized spacial score (nSPS) is 14.8. The SMILES string of the molecule is Cc1cc(-c2ccc(C(=O)O)c(F)c2)nc(N2CCOCC2)n1. The largest absolute Gasteiger partial charge is 0.478 e. The Morgan fingerprint density at radius 3 is 2.65 bits per heavy atom. The van der Waals surface area contributed by atoms with E-state index in [1.54, 1.807) is 12.1 Å². The number of aromatic carboxylic acids is 1. The Kier molecular flexibility index (Phi) is 4.20. The molecule has 1 aromatic carbocycles. The van der Waals surface area contributed by atoms with Crippen LogP contribution in [-0.2, 0) is 4.74 Å². The fourth-order valence-electron chi connectivity index (χ4n) is 2.45. The lowest BCUT2D eigenvalue weighted by atomic mass is 10.1. The Morgan fingerprint density at radius 1 is 1.26 bits per heavy atom. The first kappa shape index (κ1) is 15.4. The standard InChI is InChI=1S/C16H16FN3O3/c1-10-8-14(11-2-3-12(15(21)22)13(17)9-11)19-16(18-10)20-4-6-23-7-5-20/h2-3,8-9H,4-7H2,1H3,(H,21,22). The number of morpholine rings is 1. The summed E-state index contributed by atoms with van der Waals surface area (Å²) < 4.78 is 19.2. The first-order chi connectivity index (χ1) is 11.0. The predicted molar refractivity (Wildman–Crippen MR) is 82.2 cm³/mol. The third-order valence-corrected chi connectivity index (χ3v) is 3.63. The maximum atomic E-state index is 13.9. The van der Waals surface area contributed by atoms with Gasteiger partial charge in [0.05, 0.1) is 24.5 Å². The van der Waals surface area contributed by atoms with Gasteiger partial charge in [-0.05, 0) is 25.1 Å². The highest BCUT2D eigenvalue weighted by molar-refractivity contribution is 5.88. The highest BCUT2D eigenvalue weighted by Gasteiger charge is 2.17. The quantitative estimate of drug-likeness (QED) is 0.934. The van der Waals surface area contributed by atoms with Crippen LogP contribution in [0.25, 0.3) is 11.3 Å². The first-order valence-electron chi connectivity index (χ1n) is 7.26. The maximum absolute atomic E-state index is 13.9. The summed E-state index contributed by atoms with van der Waals surface area (Å²) in [6.45, 7) is 4.49. The minimum Gasteiger partial charge on any atom is -0.478 e. The number of hydrogen-bond donors (Lipinski definition) is 1. The number of aromatic nitrogens is 2. The van der Waals surface area contributed by atoms with E-state index < -0.39 is 11.8 Å². The van der Waals surface area contributed by atoms with E-state index in [9.17, 15) is 9.18 Å². The molecule has 2 heterocycles. The average Bonchev–Trinajstić information content (AvgIpc) is 2.54. The molecule has 1 N–H and O–H groups in total. The number of rotatable bonds is 3. The van der Waals surface area contributed by atoms with Crippen molar-refractivity contribution in [2.45, 2.75) is 6.92 Å². The Hall–Kier alpha value is -2.54. The van der Waals surface area contributed by atoms with Crippen LogP contribution in [-0.4, -0.2) is 47.3 Å². The molecule has 7 heteroatoms. The molecule has 0 atom stereocenters. The highest BCUT2D eigenvalue weighted by Crippen LogP contribution is 2.23. The second-order valence-corrected chi connectivity index (χ2v) is 5.29. The molecule has 1 fully saturated rings. The Labute approximate surface area is 132 Å². The van der Waals surface area contributed by atoms with Crippen LogP contribution in [0.1, 0.15) is 16.1 Å². The second kappa shape index (κ2) is 6.29. The number of ether oxygens (including phenoxy) is 1. The van der Waals surface area contributed by atoms with E-state index in [-0.39, 0.29) is 5.56 Å². The minimum atomic E-state index is -1.29. The number of halogens is 1. The number of benzene rings is 1. The van der Waals surface area contributed by atoms with Crippen LogP contribution < -0.4 is 4.90 Å². The monoisotopic (exact) mass is 317 g/mol. The van der Waals surface area contributed by atoms with Gasteiger partial charge in [-0.3, -0.25) is 0 Å². The molecule has 1 aromatic heterocycles. The third-order valence-electron chi connectivity index (χ3n) is 3.63. The van der Waals surface area contributed by atoms with E-state index in [2.05, 4.69) is 9.97 Å². The molecule has 6 nitrogen and oxygen atoms in total. The summed E-state index contributed by atoms with van der Waals surface area (Å²) in [5, 5.41) is 8.90. The average molecular weight is 317 g/mol. The molecular formula is C16H16FN3O3. The molecule has 1 aliphatic heterocycles. The van der Waals surface area contributed by atoms with Crippen molar-refractivity contribution < 1.29 is 19.0 Å². The van der Waals surface area contributed by atoms with Gasteiger partial charge < -0.3 is 14.7 Å². The smallest absolute Gasteiger partial charge is 0.338 e. The van der Waals surface area contributed by atoms with E-state index in [1.165, 1.54) is 12.1 Å². The van der Waals surface area contributed by atoms with Crippen LogP contribution in [0.4, 0.5) is 10.3 Å². The molecule has 0 aliphatic carbocycles. The van der Waals surface area contributed by atoms with Crippen molar-refractivity contribution in [3.05, 3.63) is 41.3 Å². The molecule has 0 amide bonds. The molecule has 120 valence electrons. The van der Waals surface area contributed by atoms with E-state index in [1.807, 2.05) is 11.8 Å². The summed E-state index contributed by atoms with van der Waals surface area (Å²) in [6.07, 6.45) is 0. The molecule has 1 aliphatic rings. The Balaban J connectivity index is 1.97. The summed E-state index contributed by atoms with van der Waals surface area (Å²) >= 11 is 0. The van der Waals surface area contributed by atoms with E-state index >= 15 is 0 Å². The van der Waals surface area contributed by atoms with E-state index in [4.69, 9.17) is 9.84 Å². The van der Waals surface area contributed by atoms with Gasteiger partial charge in [0.25, 0.3) is 0 Å². The molecule has 3 rings (SSSR count). The number of aryl methyl sites for hydroxylation is 1. The minimum absolute atomic E-state index is 0.354. The number of carboxylic acids is 1. The van der Waals surface area contributed by atoms with Gasteiger partial charge >= 0.3 is 5.97 Å². The fourth-order valence-corrected chi connectivity index (χ4v) is 2.45. The number of anilines is 1. The number of carboxylic acid groups (broad SMARTS) is 1. The van der Waals surface area contributed by atoms with Gasteiger partial charge in [-0.1, -0.05) is 6.07 Å². The lowest BCUT2D eigenvalue weighted by Crippen LogP contribution is -2.37. The summed E-state index contributed by atoms with van der Waals surface area (Å²) in [5.41, 5.74) is 1.49. The highest BCUT2D eigenvalue weighted by atomic mass is 19.1.